The molecular weight excluding hydrogens is 481 g/mol. The van der Waals surface area contributed by atoms with Gasteiger partial charge in [0.1, 0.15) is 5.01 Å². The zero-order valence-electron chi connectivity index (χ0n) is 20.8. The summed E-state index contributed by atoms with van der Waals surface area (Å²) in [5.41, 5.74) is -0.982. The van der Waals surface area contributed by atoms with E-state index in [0.29, 0.717) is 30.4 Å². The number of thiocarbonyl (C=S) groups is 1. The summed E-state index contributed by atoms with van der Waals surface area (Å²) in [4.78, 5) is 19.3. The van der Waals surface area contributed by atoms with E-state index in [1.54, 1.807) is 16.2 Å². The van der Waals surface area contributed by atoms with Crippen LogP contribution >= 0.6 is 35.3 Å². The van der Waals surface area contributed by atoms with Crippen molar-refractivity contribution in [3.05, 3.63) is 16.1 Å². The van der Waals surface area contributed by atoms with Crippen molar-refractivity contribution in [3.63, 3.8) is 0 Å². The number of hydrogen-bond acceptors (Lipinski definition) is 7. The lowest BCUT2D eigenvalue weighted by molar-refractivity contribution is -0.0555. The fraction of sp³-hybridized carbons (Fsp3) is 0.773. The Kier molecular flexibility index (Phi) is 8.52. The van der Waals surface area contributed by atoms with Crippen LogP contribution in [-0.4, -0.2) is 52.6 Å². The first-order chi connectivity index (χ1) is 14.5. The molecule has 0 radical (unpaired) electrons. The summed E-state index contributed by atoms with van der Waals surface area (Å²) in [6.45, 7) is 18.3. The molecule has 2 unspecified atom stereocenters. The average Bonchev–Trinajstić information content (AvgIpc) is 3.14. The molecule has 0 saturated carbocycles. The van der Waals surface area contributed by atoms with Crippen LogP contribution in [0.1, 0.15) is 64.3 Å². The number of carbonyl (C=O) groups is 1. The minimum Gasteiger partial charge on any atom is -0.465 e. The summed E-state index contributed by atoms with van der Waals surface area (Å²) in [7, 11) is -1.87. The van der Waals surface area contributed by atoms with E-state index in [0.717, 1.165) is 9.88 Å². The Labute approximate surface area is 207 Å². The van der Waals surface area contributed by atoms with Crippen LogP contribution in [0.2, 0.25) is 18.1 Å². The molecular formula is C22H38N2O4S3Si. The smallest absolute Gasteiger partial charge is 0.407 e. The quantitative estimate of drug-likeness (QED) is 0.343. The molecule has 1 aromatic rings. The number of likely N-dealkylation sites (tertiary alicyclic amines) is 1. The number of amides is 1. The van der Waals surface area contributed by atoms with E-state index >= 15 is 0 Å². The van der Waals surface area contributed by atoms with Crippen LogP contribution in [0.3, 0.4) is 0 Å². The van der Waals surface area contributed by atoms with Crippen LogP contribution in [0.15, 0.2) is 6.20 Å². The molecule has 0 aromatic carbocycles. The maximum Gasteiger partial charge on any atom is 0.407 e. The monoisotopic (exact) mass is 518 g/mol. The van der Waals surface area contributed by atoms with Crippen molar-refractivity contribution in [1.29, 1.82) is 0 Å². The van der Waals surface area contributed by atoms with E-state index in [-0.39, 0.29) is 16.5 Å². The molecule has 1 N–H and O–H groups in total. The number of hydrogen-bond donors (Lipinski definition) is 1. The van der Waals surface area contributed by atoms with E-state index in [4.69, 9.17) is 26.4 Å². The molecule has 32 heavy (non-hydrogen) atoms. The second-order valence-electron chi connectivity index (χ2n) is 11.0. The number of rotatable bonds is 5. The maximum absolute atomic E-state index is 11.9. The topological polar surface area (TPSA) is 71.9 Å². The summed E-state index contributed by atoms with van der Waals surface area (Å²) in [6.07, 6.45) is 3.90. The molecule has 2 rings (SSSR count). The van der Waals surface area contributed by atoms with Crippen molar-refractivity contribution in [2.24, 2.45) is 5.41 Å². The lowest BCUT2D eigenvalue weighted by Crippen LogP contribution is -2.56. The largest absolute Gasteiger partial charge is 0.465 e. The van der Waals surface area contributed by atoms with Crippen molar-refractivity contribution >= 4 is 54.1 Å². The van der Waals surface area contributed by atoms with Crippen LogP contribution in [-0.2, 0) is 21.4 Å². The van der Waals surface area contributed by atoms with Gasteiger partial charge in [0.25, 0.3) is 0 Å². The van der Waals surface area contributed by atoms with Gasteiger partial charge in [-0.25, -0.2) is 9.78 Å². The van der Waals surface area contributed by atoms with Crippen LogP contribution in [0.4, 0.5) is 4.79 Å². The van der Waals surface area contributed by atoms with Gasteiger partial charge in [-0.1, -0.05) is 53.3 Å². The third-order valence-corrected chi connectivity index (χ3v) is 13.3. The number of thioether (sulfide) groups is 1. The Bertz CT molecular complexity index is 832. The Balaban J connectivity index is 2.36. The van der Waals surface area contributed by atoms with Crippen LogP contribution in [0.25, 0.3) is 0 Å². The van der Waals surface area contributed by atoms with Gasteiger partial charge in [-0.2, -0.15) is 0 Å². The zero-order chi connectivity index (χ0) is 24.5. The molecule has 10 heteroatoms. The van der Waals surface area contributed by atoms with Crippen LogP contribution in [0.5, 0.6) is 0 Å². The number of piperidine rings is 1. The lowest BCUT2D eigenvalue weighted by Gasteiger charge is -2.48. The predicted octanol–water partition coefficient (Wildman–Crippen LogP) is 6.71. The summed E-state index contributed by atoms with van der Waals surface area (Å²) in [5.74, 6) is 0. The van der Waals surface area contributed by atoms with E-state index < -0.39 is 20.0 Å². The number of carboxylic acid groups (broad SMARTS) is 1. The van der Waals surface area contributed by atoms with E-state index in [1.807, 2.05) is 12.5 Å². The standard InChI is InChI=1S/C22H38N2O4S3Si/c1-20(2,3)16-12-22(28-19(29)30-7,10-11-24(16)18(25)26)17-23-13-15(31-17)14-27-32(8,9)21(4,5)6/h13,16H,10-12,14H2,1-9H3,(H,25,26). The van der Waals surface area contributed by atoms with Gasteiger partial charge in [0.05, 0.1) is 6.61 Å². The maximum atomic E-state index is 11.9. The number of thiazole rings is 1. The Morgan fingerprint density at radius 1 is 1.38 bits per heavy atom. The first-order valence-corrected chi connectivity index (χ1v) is 16.2. The fourth-order valence-corrected chi connectivity index (χ4v) is 6.02. The SMILES string of the molecule is CSC(=S)OC1(c2ncc(CO[Si](C)(C)C(C)(C)C)s2)CCN(C(=O)O)C(C(C)(C)C)C1. The summed E-state index contributed by atoms with van der Waals surface area (Å²) in [5, 5.41) is 10.8. The molecule has 0 bridgehead atoms. The van der Waals surface area contributed by atoms with Crippen molar-refractivity contribution in [2.45, 2.75) is 90.8 Å². The number of nitrogens with zero attached hydrogens (tertiary/aromatic N) is 2. The van der Waals surface area contributed by atoms with E-state index in [2.05, 4.69) is 54.6 Å². The summed E-state index contributed by atoms with van der Waals surface area (Å²) in [6, 6.07) is -0.214. The molecule has 1 saturated heterocycles. The van der Waals surface area contributed by atoms with E-state index in [9.17, 15) is 9.90 Å². The van der Waals surface area contributed by atoms with Crippen molar-refractivity contribution in [1.82, 2.24) is 9.88 Å². The molecule has 1 aliphatic rings. The van der Waals surface area contributed by atoms with Gasteiger partial charge in [-0.15, -0.1) is 11.3 Å². The van der Waals surface area contributed by atoms with Gasteiger partial charge in [-0.05, 0) is 42.0 Å². The summed E-state index contributed by atoms with van der Waals surface area (Å²) < 4.78 is 13.2. The molecule has 0 spiro atoms. The van der Waals surface area contributed by atoms with Gasteiger partial charge in [0.15, 0.2) is 13.9 Å². The molecule has 1 amide bonds. The Morgan fingerprint density at radius 3 is 2.50 bits per heavy atom. The molecule has 0 aliphatic carbocycles. The first-order valence-electron chi connectivity index (χ1n) is 10.9. The van der Waals surface area contributed by atoms with Crippen molar-refractivity contribution in [3.8, 4) is 0 Å². The lowest BCUT2D eigenvalue weighted by atomic mass is 9.75. The first kappa shape index (κ1) is 27.6. The van der Waals surface area contributed by atoms with Crippen molar-refractivity contribution < 1.29 is 19.1 Å². The minimum atomic E-state index is -1.87. The Morgan fingerprint density at radius 2 is 2.00 bits per heavy atom. The van der Waals surface area contributed by atoms with E-state index in [1.165, 1.54) is 11.8 Å². The molecule has 2 heterocycles. The zero-order valence-corrected chi connectivity index (χ0v) is 24.2. The van der Waals surface area contributed by atoms with Gasteiger partial charge in [0, 0.05) is 36.5 Å². The van der Waals surface area contributed by atoms with Crippen LogP contribution < -0.4 is 0 Å². The third-order valence-electron chi connectivity index (χ3n) is 6.67. The predicted molar refractivity (Wildman–Crippen MR) is 140 cm³/mol. The normalized spacial score (nSPS) is 22.7. The van der Waals surface area contributed by atoms with Gasteiger partial charge in [-0.3, -0.25) is 0 Å². The average molecular weight is 519 g/mol. The number of aromatic nitrogens is 1. The second kappa shape index (κ2) is 9.89. The number of ether oxygens (including phenoxy) is 1. The highest BCUT2D eigenvalue weighted by Crippen LogP contribution is 2.46. The van der Waals surface area contributed by atoms with Crippen LogP contribution in [0, 0.1) is 5.41 Å². The minimum absolute atomic E-state index is 0.138. The molecule has 6 nitrogen and oxygen atoms in total. The molecule has 2 atom stereocenters. The van der Waals surface area contributed by atoms with Gasteiger partial charge >= 0.3 is 6.09 Å². The molecule has 1 aliphatic heterocycles. The Hall–Kier alpha value is -0.683. The summed E-state index contributed by atoms with van der Waals surface area (Å²) >= 11 is 8.42. The van der Waals surface area contributed by atoms with Gasteiger partial charge < -0.3 is 19.2 Å². The van der Waals surface area contributed by atoms with Gasteiger partial charge in [0.2, 0.25) is 4.38 Å². The molecule has 1 fully saturated rings. The highest BCUT2D eigenvalue weighted by Gasteiger charge is 2.50. The molecule has 1 aromatic heterocycles. The fourth-order valence-electron chi connectivity index (χ4n) is 3.57. The third kappa shape index (κ3) is 6.25. The second-order valence-corrected chi connectivity index (χ2v) is 18.4. The highest BCUT2D eigenvalue weighted by atomic mass is 32.2. The van der Waals surface area contributed by atoms with Crippen molar-refractivity contribution in [2.75, 3.05) is 12.8 Å². The highest BCUT2D eigenvalue weighted by molar-refractivity contribution is 8.22. The molecule has 182 valence electrons.